The number of nitrogens with one attached hydrogen (secondary N) is 2. The van der Waals surface area contributed by atoms with E-state index in [2.05, 4.69) is 52.0 Å². The SMILES string of the molecule is CN=C(NCc1cnc(C)s1)NCc1ccc(C)cc1SC. The van der Waals surface area contributed by atoms with E-state index >= 15 is 0 Å². The highest BCUT2D eigenvalue weighted by molar-refractivity contribution is 7.98. The Balaban J connectivity index is 1.91. The maximum absolute atomic E-state index is 4.27. The lowest BCUT2D eigenvalue weighted by atomic mass is 10.1. The number of benzene rings is 1. The van der Waals surface area contributed by atoms with Crippen molar-refractivity contribution in [3.8, 4) is 0 Å². The molecule has 118 valence electrons. The summed E-state index contributed by atoms with van der Waals surface area (Å²) in [5.41, 5.74) is 2.57. The standard InChI is InChI=1S/C16H22N4S2/c1-11-5-6-13(15(7-11)21-4)8-19-16(17-3)20-10-14-9-18-12(2)22-14/h5-7,9H,8,10H2,1-4H3,(H2,17,19,20). The number of nitrogens with zero attached hydrogens (tertiary/aromatic N) is 2. The van der Waals surface area contributed by atoms with Crippen molar-refractivity contribution in [1.29, 1.82) is 0 Å². The summed E-state index contributed by atoms with van der Waals surface area (Å²) < 4.78 is 0. The summed E-state index contributed by atoms with van der Waals surface area (Å²) in [7, 11) is 1.79. The molecule has 0 aliphatic carbocycles. The van der Waals surface area contributed by atoms with E-state index in [0.717, 1.165) is 24.1 Å². The first-order valence-electron chi connectivity index (χ1n) is 7.11. The fraction of sp³-hybridized carbons (Fsp3) is 0.375. The number of aryl methyl sites for hydroxylation is 2. The average Bonchev–Trinajstić information content (AvgIpc) is 2.94. The van der Waals surface area contributed by atoms with Crippen molar-refractivity contribution >= 4 is 29.1 Å². The molecule has 0 fully saturated rings. The lowest BCUT2D eigenvalue weighted by molar-refractivity contribution is 0.806. The predicted octanol–water partition coefficient (Wildman–Crippen LogP) is 3.35. The zero-order valence-electron chi connectivity index (χ0n) is 13.4. The quantitative estimate of drug-likeness (QED) is 0.500. The first-order chi connectivity index (χ1) is 10.6. The number of thiazole rings is 1. The van der Waals surface area contributed by atoms with E-state index in [1.54, 1.807) is 30.1 Å². The number of aliphatic imine (C=N–C) groups is 1. The molecular formula is C16H22N4S2. The van der Waals surface area contributed by atoms with Crippen molar-refractivity contribution < 1.29 is 0 Å². The van der Waals surface area contributed by atoms with Gasteiger partial charge in [-0.05, 0) is 37.3 Å². The molecule has 0 spiro atoms. The van der Waals surface area contributed by atoms with Gasteiger partial charge in [0.05, 0.1) is 11.6 Å². The molecule has 1 aromatic heterocycles. The lowest BCUT2D eigenvalue weighted by Crippen LogP contribution is -2.36. The monoisotopic (exact) mass is 334 g/mol. The van der Waals surface area contributed by atoms with Crippen LogP contribution in [0, 0.1) is 13.8 Å². The fourth-order valence-corrected chi connectivity index (χ4v) is 3.50. The predicted molar refractivity (Wildman–Crippen MR) is 96.8 cm³/mol. The van der Waals surface area contributed by atoms with E-state index in [4.69, 9.17) is 0 Å². The molecule has 2 rings (SSSR count). The van der Waals surface area contributed by atoms with Crippen molar-refractivity contribution in [2.75, 3.05) is 13.3 Å². The summed E-state index contributed by atoms with van der Waals surface area (Å²) >= 11 is 3.48. The van der Waals surface area contributed by atoms with Gasteiger partial charge in [0.25, 0.3) is 0 Å². The van der Waals surface area contributed by atoms with Crippen LogP contribution in [0.2, 0.25) is 0 Å². The van der Waals surface area contributed by atoms with Gasteiger partial charge in [-0.2, -0.15) is 0 Å². The molecule has 2 N–H and O–H groups in total. The molecule has 22 heavy (non-hydrogen) atoms. The lowest BCUT2D eigenvalue weighted by Gasteiger charge is -2.13. The number of thioether (sulfide) groups is 1. The first kappa shape index (κ1) is 16.8. The van der Waals surface area contributed by atoms with Crippen molar-refractivity contribution in [3.05, 3.63) is 45.4 Å². The molecule has 0 bridgehead atoms. The second-order valence-corrected chi connectivity index (χ2v) is 7.11. The minimum Gasteiger partial charge on any atom is -0.352 e. The maximum atomic E-state index is 4.27. The van der Waals surface area contributed by atoms with Gasteiger partial charge in [-0.3, -0.25) is 4.99 Å². The smallest absolute Gasteiger partial charge is 0.191 e. The molecule has 0 atom stereocenters. The third kappa shape index (κ3) is 4.74. The molecule has 1 heterocycles. The van der Waals surface area contributed by atoms with Crippen LogP contribution in [0.25, 0.3) is 0 Å². The highest BCUT2D eigenvalue weighted by atomic mass is 32.2. The Morgan fingerprint density at radius 3 is 2.68 bits per heavy atom. The minimum atomic E-state index is 0.745. The molecule has 0 radical (unpaired) electrons. The molecule has 0 saturated heterocycles. The van der Waals surface area contributed by atoms with E-state index in [1.807, 2.05) is 13.1 Å². The van der Waals surface area contributed by atoms with E-state index in [-0.39, 0.29) is 0 Å². The van der Waals surface area contributed by atoms with E-state index in [1.165, 1.54) is 20.9 Å². The summed E-state index contributed by atoms with van der Waals surface area (Å²) in [6.45, 7) is 5.64. The van der Waals surface area contributed by atoms with Crippen molar-refractivity contribution in [2.45, 2.75) is 31.8 Å². The highest BCUT2D eigenvalue weighted by Gasteiger charge is 2.04. The molecule has 2 aromatic rings. The van der Waals surface area contributed by atoms with E-state index in [9.17, 15) is 0 Å². The summed E-state index contributed by atoms with van der Waals surface area (Å²) in [6.07, 6.45) is 4.02. The number of hydrogen-bond acceptors (Lipinski definition) is 4. The fourth-order valence-electron chi connectivity index (χ4n) is 2.06. The molecule has 0 aliphatic rings. The molecule has 0 unspecified atom stereocenters. The molecule has 6 heteroatoms. The number of guanidine groups is 1. The minimum absolute atomic E-state index is 0.745. The van der Waals surface area contributed by atoms with Crippen LogP contribution in [-0.4, -0.2) is 24.2 Å². The Morgan fingerprint density at radius 1 is 1.27 bits per heavy atom. The number of aromatic nitrogens is 1. The van der Waals surface area contributed by atoms with Gasteiger partial charge in [0.1, 0.15) is 0 Å². The van der Waals surface area contributed by atoms with Crippen LogP contribution in [0.4, 0.5) is 0 Å². The Hall–Kier alpha value is -1.53. The van der Waals surface area contributed by atoms with E-state index in [0.29, 0.717) is 0 Å². The average molecular weight is 335 g/mol. The summed E-state index contributed by atoms with van der Waals surface area (Å²) in [5.74, 6) is 0.804. The molecule has 1 aromatic carbocycles. The van der Waals surface area contributed by atoms with Crippen LogP contribution in [0.3, 0.4) is 0 Å². The maximum Gasteiger partial charge on any atom is 0.191 e. The van der Waals surface area contributed by atoms with Crippen molar-refractivity contribution in [1.82, 2.24) is 15.6 Å². The van der Waals surface area contributed by atoms with Crippen LogP contribution in [0.5, 0.6) is 0 Å². The van der Waals surface area contributed by atoms with Gasteiger partial charge in [-0.15, -0.1) is 23.1 Å². The van der Waals surface area contributed by atoms with Gasteiger partial charge in [-0.1, -0.05) is 12.1 Å². The summed E-state index contributed by atoms with van der Waals surface area (Å²) in [5, 5.41) is 7.77. The normalized spacial score (nSPS) is 11.5. The molecule has 0 saturated carbocycles. The molecule has 0 aliphatic heterocycles. The zero-order valence-corrected chi connectivity index (χ0v) is 15.1. The Bertz CT molecular complexity index is 649. The highest BCUT2D eigenvalue weighted by Crippen LogP contribution is 2.21. The summed E-state index contributed by atoms with van der Waals surface area (Å²) in [4.78, 5) is 11.0. The van der Waals surface area contributed by atoms with E-state index < -0.39 is 0 Å². The van der Waals surface area contributed by atoms with Crippen LogP contribution in [-0.2, 0) is 13.1 Å². The van der Waals surface area contributed by atoms with Gasteiger partial charge in [0.15, 0.2) is 5.96 Å². The van der Waals surface area contributed by atoms with Gasteiger partial charge in [0.2, 0.25) is 0 Å². The third-order valence-corrected chi connectivity index (χ3v) is 4.94. The first-order valence-corrected chi connectivity index (χ1v) is 9.16. The molecule has 0 amide bonds. The van der Waals surface area contributed by atoms with Gasteiger partial charge >= 0.3 is 0 Å². The van der Waals surface area contributed by atoms with Crippen molar-refractivity contribution in [3.63, 3.8) is 0 Å². The second-order valence-electron chi connectivity index (χ2n) is 4.94. The van der Waals surface area contributed by atoms with Gasteiger partial charge in [-0.25, -0.2) is 4.98 Å². The van der Waals surface area contributed by atoms with Gasteiger partial charge < -0.3 is 10.6 Å². The topological polar surface area (TPSA) is 49.3 Å². The van der Waals surface area contributed by atoms with Crippen LogP contribution < -0.4 is 10.6 Å². The molecular weight excluding hydrogens is 312 g/mol. The van der Waals surface area contributed by atoms with Gasteiger partial charge in [0, 0.05) is 29.6 Å². The number of rotatable bonds is 5. The van der Waals surface area contributed by atoms with Crippen molar-refractivity contribution in [2.24, 2.45) is 4.99 Å². The summed E-state index contributed by atoms with van der Waals surface area (Å²) in [6, 6.07) is 6.54. The molecule has 4 nitrogen and oxygen atoms in total. The Labute approximate surface area is 140 Å². The Kier molecular flexibility index (Phi) is 6.27. The third-order valence-electron chi connectivity index (χ3n) is 3.21. The van der Waals surface area contributed by atoms with Crippen LogP contribution in [0.1, 0.15) is 21.0 Å². The number of hydrogen-bond donors (Lipinski definition) is 2. The second kappa shape index (κ2) is 8.19. The van der Waals surface area contributed by atoms with Crippen LogP contribution in [0.15, 0.2) is 34.3 Å². The van der Waals surface area contributed by atoms with Crippen LogP contribution >= 0.6 is 23.1 Å². The Morgan fingerprint density at radius 2 is 2.05 bits per heavy atom. The largest absolute Gasteiger partial charge is 0.352 e. The zero-order chi connectivity index (χ0) is 15.9.